The lowest BCUT2D eigenvalue weighted by molar-refractivity contribution is -0.144. The fourth-order valence-electron chi connectivity index (χ4n) is 4.23. The third-order valence-electron chi connectivity index (χ3n) is 6.91. The molecule has 0 saturated carbocycles. The number of carboxylic acids is 3. The van der Waals surface area contributed by atoms with Crippen LogP contribution in [0.2, 0.25) is 0 Å². The number of amides is 4. The molecule has 46 heavy (non-hydrogen) atoms. The van der Waals surface area contributed by atoms with E-state index in [-0.39, 0.29) is 30.4 Å². The maximum absolute atomic E-state index is 13.6. The topological polar surface area (TPSA) is 275 Å². The summed E-state index contributed by atoms with van der Waals surface area (Å²) in [7, 11) is 0. The molecule has 256 valence electrons. The standard InChI is InChI=1S/C30H45N5O11/c1-15(2)13-21(35-29(44)25(31)16(3)4)27(42)34-22(14-17-5-7-18(36)8-6-17)28(43)32-19(9-11-23(37)38)26(41)33-20(30(45)46)10-12-24(39)40/h5-8,15-16,19-22,25,36H,9-14,31H2,1-4H3,(H,32,43)(H,33,41)(H,34,42)(H,35,44)(H,37,38)(H,39,40)(H,45,46)/t19-,20-,21-,22-,25-/m0/s1. The van der Waals surface area contributed by atoms with Crippen LogP contribution < -0.4 is 27.0 Å². The molecule has 0 spiro atoms. The van der Waals surface area contributed by atoms with Gasteiger partial charge in [0.05, 0.1) is 6.04 Å². The molecule has 5 atom stereocenters. The highest BCUT2D eigenvalue weighted by molar-refractivity contribution is 5.95. The minimum Gasteiger partial charge on any atom is -0.508 e. The summed E-state index contributed by atoms with van der Waals surface area (Å²) in [6.45, 7) is 7.12. The lowest BCUT2D eigenvalue weighted by Crippen LogP contribution is -2.59. The van der Waals surface area contributed by atoms with Gasteiger partial charge in [0.15, 0.2) is 0 Å². The first-order valence-electron chi connectivity index (χ1n) is 14.8. The summed E-state index contributed by atoms with van der Waals surface area (Å²) in [5.41, 5.74) is 6.43. The molecule has 0 aromatic heterocycles. The molecule has 0 aliphatic carbocycles. The Morgan fingerprint density at radius 2 is 1.09 bits per heavy atom. The summed E-state index contributed by atoms with van der Waals surface area (Å²) < 4.78 is 0. The van der Waals surface area contributed by atoms with E-state index in [1.165, 1.54) is 24.3 Å². The van der Waals surface area contributed by atoms with Gasteiger partial charge in [-0.3, -0.25) is 28.8 Å². The molecule has 1 rings (SSSR count). The largest absolute Gasteiger partial charge is 0.508 e. The number of phenols is 1. The zero-order valence-corrected chi connectivity index (χ0v) is 26.3. The number of nitrogens with two attached hydrogens (primary N) is 1. The number of phenolic OH excluding ortho intramolecular Hbond substituents is 1. The van der Waals surface area contributed by atoms with Crippen molar-refractivity contribution in [1.29, 1.82) is 0 Å². The van der Waals surface area contributed by atoms with Crippen LogP contribution in [0, 0.1) is 11.8 Å². The zero-order chi connectivity index (χ0) is 35.1. The molecular weight excluding hydrogens is 606 g/mol. The highest BCUT2D eigenvalue weighted by Gasteiger charge is 2.33. The van der Waals surface area contributed by atoms with Crippen LogP contribution >= 0.6 is 0 Å². The quantitative estimate of drug-likeness (QED) is 0.0880. The number of hydrogen-bond acceptors (Lipinski definition) is 9. The molecule has 10 N–H and O–H groups in total. The minimum atomic E-state index is -1.64. The van der Waals surface area contributed by atoms with Crippen molar-refractivity contribution in [2.75, 3.05) is 0 Å². The Morgan fingerprint density at radius 1 is 0.652 bits per heavy atom. The van der Waals surface area contributed by atoms with Crippen LogP contribution in [0.1, 0.15) is 65.4 Å². The normalized spacial score (nSPS) is 14.3. The lowest BCUT2D eigenvalue weighted by atomic mass is 9.99. The van der Waals surface area contributed by atoms with Crippen molar-refractivity contribution >= 4 is 41.5 Å². The van der Waals surface area contributed by atoms with Gasteiger partial charge in [-0.1, -0.05) is 39.8 Å². The van der Waals surface area contributed by atoms with E-state index in [1.807, 2.05) is 13.8 Å². The second kappa shape index (κ2) is 18.9. The molecule has 4 amide bonds. The average Bonchev–Trinajstić information content (AvgIpc) is 2.96. The van der Waals surface area contributed by atoms with E-state index in [1.54, 1.807) is 13.8 Å². The van der Waals surface area contributed by atoms with Crippen LogP contribution in [0.3, 0.4) is 0 Å². The Balaban J connectivity index is 3.35. The number of hydrogen-bond donors (Lipinski definition) is 9. The number of carbonyl (C=O) groups excluding carboxylic acids is 4. The van der Waals surface area contributed by atoms with Crippen molar-refractivity contribution in [3.8, 4) is 5.75 Å². The van der Waals surface area contributed by atoms with Gasteiger partial charge in [-0.25, -0.2) is 4.79 Å². The molecular formula is C30H45N5O11. The molecule has 0 unspecified atom stereocenters. The van der Waals surface area contributed by atoms with Crippen molar-refractivity contribution in [3.63, 3.8) is 0 Å². The Morgan fingerprint density at radius 3 is 1.57 bits per heavy atom. The monoisotopic (exact) mass is 651 g/mol. The highest BCUT2D eigenvalue weighted by atomic mass is 16.4. The van der Waals surface area contributed by atoms with Crippen LogP contribution in [-0.2, 0) is 40.0 Å². The average molecular weight is 652 g/mol. The molecule has 0 aliphatic heterocycles. The molecule has 0 radical (unpaired) electrons. The second-order valence-corrected chi connectivity index (χ2v) is 11.7. The Bertz CT molecular complexity index is 1240. The van der Waals surface area contributed by atoms with Crippen LogP contribution in [-0.4, -0.2) is 92.2 Å². The highest BCUT2D eigenvalue weighted by Crippen LogP contribution is 2.13. The first-order chi connectivity index (χ1) is 21.4. The van der Waals surface area contributed by atoms with Crippen molar-refractivity contribution in [2.24, 2.45) is 17.6 Å². The van der Waals surface area contributed by atoms with Crippen molar-refractivity contribution < 1.29 is 54.0 Å². The SMILES string of the molecule is CC(C)C[C@H](NC(=O)[C@@H](N)C(C)C)C(=O)N[C@@H](Cc1ccc(O)cc1)C(=O)N[C@@H](CCC(=O)O)C(=O)N[C@@H](CCC(=O)O)C(=O)O. The van der Waals surface area contributed by atoms with E-state index in [0.717, 1.165) is 0 Å². The minimum absolute atomic E-state index is 0.0590. The summed E-state index contributed by atoms with van der Waals surface area (Å²) in [4.78, 5) is 86.7. The van der Waals surface area contributed by atoms with E-state index in [2.05, 4.69) is 21.3 Å². The smallest absolute Gasteiger partial charge is 0.326 e. The summed E-state index contributed by atoms with van der Waals surface area (Å²) in [5, 5.41) is 46.9. The van der Waals surface area contributed by atoms with Gasteiger partial charge >= 0.3 is 17.9 Å². The molecule has 0 bridgehead atoms. The zero-order valence-electron chi connectivity index (χ0n) is 26.3. The number of aliphatic carboxylic acids is 3. The predicted octanol–water partition coefficient (Wildman–Crippen LogP) is -0.282. The van der Waals surface area contributed by atoms with Gasteiger partial charge in [-0.05, 0) is 48.8 Å². The van der Waals surface area contributed by atoms with Crippen molar-refractivity contribution in [1.82, 2.24) is 21.3 Å². The fraction of sp³-hybridized carbons (Fsp3) is 0.567. The lowest BCUT2D eigenvalue weighted by Gasteiger charge is -2.27. The number of nitrogens with one attached hydrogen (secondary N) is 4. The summed E-state index contributed by atoms with van der Waals surface area (Å²) >= 11 is 0. The fourth-order valence-corrected chi connectivity index (χ4v) is 4.23. The predicted molar refractivity (Wildman–Crippen MR) is 163 cm³/mol. The van der Waals surface area contributed by atoms with E-state index in [9.17, 15) is 48.9 Å². The summed E-state index contributed by atoms with van der Waals surface area (Å²) in [6, 6.07) is -0.911. The molecule has 0 heterocycles. The Kier molecular flexibility index (Phi) is 16.2. The third-order valence-corrected chi connectivity index (χ3v) is 6.91. The number of rotatable bonds is 20. The van der Waals surface area contributed by atoms with Crippen LogP contribution in [0.15, 0.2) is 24.3 Å². The molecule has 0 fully saturated rings. The van der Waals surface area contributed by atoms with E-state index >= 15 is 0 Å². The Hall–Kier alpha value is -4.73. The van der Waals surface area contributed by atoms with E-state index in [0.29, 0.717) is 5.56 Å². The van der Waals surface area contributed by atoms with Crippen LogP contribution in [0.5, 0.6) is 5.75 Å². The molecule has 0 aliphatic rings. The van der Waals surface area contributed by atoms with Gasteiger partial charge in [0.25, 0.3) is 0 Å². The molecule has 1 aromatic carbocycles. The van der Waals surface area contributed by atoms with Gasteiger partial charge in [-0.15, -0.1) is 0 Å². The Labute approximate surface area is 266 Å². The van der Waals surface area contributed by atoms with Crippen LogP contribution in [0.4, 0.5) is 0 Å². The van der Waals surface area contributed by atoms with Gasteiger partial charge in [0.2, 0.25) is 23.6 Å². The molecule has 16 nitrogen and oxygen atoms in total. The van der Waals surface area contributed by atoms with E-state index in [4.69, 9.17) is 10.8 Å². The molecule has 1 aromatic rings. The van der Waals surface area contributed by atoms with Crippen molar-refractivity contribution in [3.05, 3.63) is 29.8 Å². The molecule has 0 saturated heterocycles. The first kappa shape index (κ1) is 39.3. The van der Waals surface area contributed by atoms with Gasteiger partial charge < -0.3 is 47.4 Å². The van der Waals surface area contributed by atoms with Crippen molar-refractivity contribution in [2.45, 2.75) is 96.4 Å². The molecule has 16 heteroatoms. The maximum Gasteiger partial charge on any atom is 0.326 e. The maximum atomic E-state index is 13.6. The number of carboxylic acid groups (broad SMARTS) is 3. The van der Waals surface area contributed by atoms with E-state index < -0.39 is 97.4 Å². The van der Waals surface area contributed by atoms with Gasteiger partial charge in [-0.2, -0.15) is 0 Å². The van der Waals surface area contributed by atoms with Gasteiger partial charge in [0.1, 0.15) is 29.9 Å². The van der Waals surface area contributed by atoms with Gasteiger partial charge in [0, 0.05) is 19.3 Å². The third kappa shape index (κ3) is 14.4. The number of carbonyl (C=O) groups is 7. The number of benzene rings is 1. The first-order valence-corrected chi connectivity index (χ1v) is 14.8. The summed E-state index contributed by atoms with van der Waals surface area (Å²) in [6.07, 6.45) is -2.09. The number of aromatic hydroxyl groups is 1. The van der Waals surface area contributed by atoms with Crippen LogP contribution in [0.25, 0.3) is 0 Å². The summed E-state index contributed by atoms with van der Waals surface area (Å²) in [5.74, 6) is -7.82. The second-order valence-electron chi connectivity index (χ2n) is 11.7.